The summed E-state index contributed by atoms with van der Waals surface area (Å²) in [5.41, 5.74) is 1.85. The first kappa shape index (κ1) is 27.7. The molecule has 7 nitrogen and oxygen atoms in total. The molecule has 1 saturated heterocycles. The highest BCUT2D eigenvalue weighted by atomic mass is 35.5. The summed E-state index contributed by atoms with van der Waals surface area (Å²) in [4.78, 5) is 21.5. The van der Waals surface area contributed by atoms with Crippen LogP contribution in [0.1, 0.15) is 41.8 Å². The molecule has 0 N–H and O–H groups in total. The summed E-state index contributed by atoms with van der Waals surface area (Å²) < 4.78 is 30.9. The van der Waals surface area contributed by atoms with E-state index in [9.17, 15) is 9.18 Å². The van der Waals surface area contributed by atoms with Gasteiger partial charge in [-0.15, -0.1) is 0 Å². The van der Waals surface area contributed by atoms with Crippen molar-refractivity contribution in [3.63, 3.8) is 0 Å². The maximum absolute atomic E-state index is 14.1. The third kappa shape index (κ3) is 6.55. The SMILES string of the molecule is COc1cc(CN2CCC(N(C)c3ncccc3C(=O)OC(C)C)C2)ccc1OCc1c(F)cccc1Cl. The molecule has 0 radical (unpaired) electrons. The van der Waals surface area contributed by atoms with Gasteiger partial charge in [0.15, 0.2) is 11.5 Å². The molecular weight excluding hydrogens is 509 g/mol. The Balaban J connectivity index is 1.39. The summed E-state index contributed by atoms with van der Waals surface area (Å²) in [6, 6.07) is 14.0. The molecule has 4 rings (SSSR count). The van der Waals surface area contributed by atoms with Crippen molar-refractivity contribution in [2.24, 2.45) is 0 Å². The van der Waals surface area contributed by atoms with Crippen LogP contribution in [0.2, 0.25) is 5.02 Å². The number of rotatable bonds is 10. The first-order chi connectivity index (χ1) is 18.3. The van der Waals surface area contributed by atoms with Crippen molar-refractivity contribution in [3.05, 3.63) is 82.3 Å². The normalized spacial score (nSPS) is 15.5. The highest BCUT2D eigenvalue weighted by Gasteiger charge is 2.29. The Morgan fingerprint density at radius 1 is 1.21 bits per heavy atom. The molecule has 0 saturated carbocycles. The number of methoxy groups -OCH3 is 1. The van der Waals surface area contributed by atoms with Gasteiger partial charge in [-0.3, -0.25) is 4.90 Å². The van der Waals surface area contributed by atoms with Crippen LogP contribution in [-0.4, -0.2) is 55.2 Å². The zero-order chi connectivity index (χ0) is 27.2. The van der Waals surface area contributed by atoms with Gasteiger partial charge in [-0.2, -0.15) is 0 Å². The number of likely N-dealkylation sites (tertiary alicyclic amines) is 1. The van der Waals surface area contributed by atoms with E-state index in [1.165, 1.54) is 6.07 Å². The standard InChI is InChI=1S/C29H33ClFN3O4/c1-19(2)38-29(35)22-7-6-13-32-28(22)33(3)21-12-14-34(17-21)16-20-10-11-26(27(15-20)36-4)37-18-23-24(30)8-5-9-25(23)31/h5-11,13,15,19,21H,12,14,16-18H2,1-4H3. The van der Waals surface area contributed by atoms with Crippen molar-refractivity contribution < 1.29 is 23.4 Å². The number of likely N-dealkylation sites (N-methyl/N-ethyl adjacent to an activating group) is 1. The molecule has 9 heteroatoms. The van der Waals surface area contributed by atoms with Gasteiger partial charge in [0, 0.05) is 44.5 Å². The van der Waals surface area contributed by atoms with Gasteiger partial charge in [-0.05, 0) is 62.2 Å². The number of benzene rings is 2. The number of anilines is 1. The van der Waals surface area contributed by atoms with Crippen LogP contribution in [-0.2, 0) is 17.9 Å². The molecular formula is C29H33ClFN3O4. The number of aromatic nitrogens is 1. The third-order valence-electron chi connectivity index (χ3n) is 6.55. The Kier molecular flexibility index (Phi) is 9.07. The van der Waals surface area contributed by atoms with Crippen molar-refractivity contribution in [2.45, 2.75) is 45.6 Å². The Hall–Kier alpha value is -3.36. The van der Waals surface area contributed by atoms with Gasteiger partial charge >= 0.3 is 5.97 Å². The zero-order valence-corrected chi connectivity index (χ0v) is 22.9. The van der Waals surface area contributed by atoms with E-state index >= 15 is 0 Å². The van der Waals surface area contributed by atoms with Gasteiger partial charge in [-0.1, -0.05) is 23.7 Å². The number of carbonyl (C=O) groups is 1. The summed E-state index contributed by atoms with van der Waals surface area (Å²) in [6.07, 6.45) is 2.43. The van der Waals surface area contributed by atoms with Crippen molar-refractivity contribution >= 4 is 23.4 Å². The topological polar surface area (TPSA) is 64.1 Å². The van der Waals surface area contributed by atoms with Crippen LogP contribution < -0.4 is 14.4 Å². The second kappa shape index (κ2) is 12.5. The highest BCUT2D eigenvalue weighted by molar-refractivity contribution is 6.31. The summed E-state index contributed by atoms with van der Waals surface area (Å²) in [5.74, 6) is 0.950. The second-order valence-corrected chi connectivity index (χ2v) is 10.00. The molecule has 0 aliphatic carbocycles. The first-order valence-corrected chi connectivity index (χ1v) is 13.0. The van der Waals surface area contributed by atoms with E-state index in [-0.39, 0.29) is 24.7 Å². The predicted octanol–water partition coefficient (Wildman–Crippen LogP) is 5.74. The molecule has 1 unspecified atom stereocenters. The molecule has 1 aromatic heterocycles. The average molecular weight is 542 g/mol. The number of halogens is 2. The number of nitrogens with zero attached hydrogens (tertiary/aromatic N) is 3. The Bertz CT molecular complexity index is 1250. The maximum Gasteiger partial charge on any atom is 0.342 e. The predicted molar refractivity (Wildman–Crippen MR) is 146 cm³/mol. The number of esters is 1. The van der Waals surface area contributed by atoms with E-state index < -0.39 is 5.82 Å². The third-order valence-corrected chi connectivity index (χ3v) is 6.90. The summed E-state index contributed by atoms with van der Waals surface area (Å²) in [5, 5.41) is 0.323. The second-order valence-electron chi connectivity index (χ2n) is 9.59. The van der Waals surface area contributed by atoms with Crippen LogP contribution in [0.4, 0.5) is 10.2 Å². The average Bonchev–Trinajstić information content (AvgIpc) is 3.36. The van der Waals surface area contributed by atoms with Crippen LogP contribution in [0.15, 0.2) is 54.7 Å². The van der Waals surface area contributed by atoms with Crippen molar-refractivity contribution in [1.82, 2.24) is 9.88 Å². The van der Waals surface area contributed by atoms with Gasteiger partial charge in [0.05, 0.1) is 18.2 Å². The molecule has 1 aliphatic rings. The lowest BCUT2D eigenvalue weighted by atomic mass is 10.1. The van der Waals surface area contributed by atoms with E-state index in [0.717, 1.165) is 31.6 Å². The van der Waals surface area contributed by atoms with Crippen molar-refractivity contribution in [1.29, 1.82) is 0 Å². The molecule has 1 fully saturated rings. The molecule has 3 aromatic rings. The number of carbonyl (C=O) groups excluding carboxylic acids is 1. The van der Waals surface area contributed by atoms with Gasteiger partial charge in [0.1, 0.15) is 23.8 Å². The lowest BCUT2D eigenvalue weighted by molar-refractivity contribution is 0.0378. The minimum absolute atomic E-state index is 0.00156. The summed E-state index contributed by atoms with van der Waals surface area (Å²) in [7, 11) is 3.55. The summed E-state index contributed by atoms with van der Waals surface area (Å²) >= 11 is 6.12. The number of pyridine rings is 1. The van der Waals surface area contributed by atoms with Gasteiger partial charge < -0.3 is 19.1 Å². The van der Waals surface area contributed by atoms with Gasteiger partial charge in [0.2, 0.25) is 0 Å². The Labute approximate surface area is 228 Å². The minimum atomic E-state index is -0.406. The van der Waals surface area contributed by atoms with Crippen LogP contribution in [0, 0.1) is 5.82 Å². The van der Waals surface area contributed by atoms with E-state index in [2.05, 4.69) is 14.8 Å². The number of hydrogen-bond acceptors (Lipinski definition) is 7. The van der Waals surface area contributed by atoms with Crippen LogP contribution in [0.25, 0.3) is 0 Å². The monoisotopic (exact) mass is 541 g/mol. The molecule has 0 spiro atoms. The highest BCUT2D eigenvalue weighted by Crippen LogP contribution is 2.31. The maximum atomic E-state index is 14.1. The van der Waals surface area contributed by atoms with Crippen LogP contribution in [0.5, 0.6) is 11.5 Å². The quantitative estimate of drug-likeness (QED) is 0.303. The van der Waals surface area contributed by atoms with E-state index in [1.54, 1.807) is 37.6 Å². The number of ether oxygens (including phenoxy) is 3. The number of hydrogen-bond donors (Lipinski definition) is 0. The van der Waals surface area contributed by atoms with Gasteiger partial charge in [0.25, 0.3) is 0 Å². The van der Waals surface area contributed by atoms with Crippen LogP contribution >= 0.6 is 11.6 Å². The Morgan fingerprint density at radius 3 is 2.76 bits per heavy atom. The Morgan fingerprint density at radius 2 is 2.03 bits per heavy atom. The fourth-order valence-corrected chi connectivity index (χ4v) is 4.79. The molecule has 1 aliphatic heterocycles. The van der Waals surface area contributed by atoms with E-state index in [0.29, 0.717) is 33.5 Å². The molecule has 0 bridgehead atoms. The molecule has 38 heavy (non-hydrogen) atoms. The van der Waals surface area contributed by atoms with E-state index in [4.69, 9.17) is 25.8 Å². The minimum Gasteiger partial charge on any atom is -0.493 e. The molecule has 1 atom stereocenters. The zero-order valence-electron chi connectivity index (χ0n) is 22.1. The lowest BCUT2D eigenvalue weighted by Crippen LogP contribution is -2.36. The lowest BCUT2D eigenvalue weighted by Gasteiger charge is -2.27. The van der Waals surface area contributed by atoms with Crippen molar-refractivity contribution in [3.8, 4) is 11.5 Å². The molecule has 202 valence electrons. The fraction of sp³-hybridized carbons (Fsp3) is 0.379. The smallest absolute Gasteiger partial charge is 0.342 e. The molecule has 0 amide bonds. The fourth-order valence-electron chi connectivity index (χ4n) is 4.57. The summed E-state index contributed by atoms with van der Waals surface area (Å²) in [6.45, 7) is 6.11. The largest absolute Gasteiger partial charge is 0.493 e. The molecule has 2 heterocycles. The van der Waals surface area contributed by atoms with Crippen LogP contribution in [0.3, 0.4) is 0 Å². The van der Waals surface area contributed by atoms with Crippen molar-refractivity contribution in [2.75, 3.05) is 32.1 Å². The van der Waals surface area contributed by atoms with Gasteiger partial charge in [-0.25, -0.2) is 14.2 Å². The van der Waals surface area contributed by atoms with E-state index in [1.807, 2.05) is 39.1 Å². The molecule has 2 aromatic carbocycles. The first-order valence-electron chi connectivity index (χ1n) is 12.6.